The van der Waals surface area contributed by atoms with Gasteiger partial charge in [0.25, 0.3) is 0 Å². The molecular formula is C15H14F2N2S. The van der Waals surface area contributed by atoms with E-state index in [0.29, 0.717) is 12.2 Å². The van der Waals surface area contributed by atoms with Gasteiger partial charge >= 0.3 is 0 Å². The first-order chi connectivity index (χ1) is 9.47. The van der Waals surface area contributed by atoms with Crippen LogP contribution in [0.2, 0.25) is 0 Å². The molecule has 0 saturated carbocycles. The summed E-state index contributed by atoms with van der Waals surface area (Å²) in [6.45, 7) is 0.476. The van der Waals surface area contributed by atoms with Crippen molar-refractivity contribution >= 4 is 22.9 Å². The van der Waals surface area contributed by atoms with Gasteiger partial charge in [0.15, 0.2) is 0 Å². The van der Waals surface area contributed by atoms with E-state index < -0.39 is 5.82 Å². The van der Waals surface area contributed by atoms with E-state index >= 15 is 0 Å². The summed E-state index contributed by atoms with van der Waals surface area (Å²) in [5.41, 5.74) is 7.13. The molecule has 2 rings (SSSR count). The lowest BCUT2D eigenvalue weighted by Gasteiger charge is -2.20. The van der Waals surface area contributed by atoms with Crippen molar-refractivity contribution < 1.29 is 8.78 Å². The molecule has 2 nitrogen and oxygen atoms in total. The molecule has 2 aromatic rings. The summed E-state index contributed by atoms with van der Waals surface area (Å²) in [6.07, 6.45) is 0. The zero-order chi connectivity index (χ0) is 14.7. The van der Waals surface area contributed by atoms with Gasteiger partial charge < -0.3 is 10.6 Å². The van der Waals surface area contributed by atoms with Crippen molar-refractivity contribution in [2.24, 2.45) is 5.73 Å². The van der Waals surface area contributed by atoms with Gasteiger partial charge in [0.2, 0.25) is 0 Å². The molecule has 5 heteroatoms. The summed E-state index contributed by atoms with van der Waals surface area (Å²) >= 11 is 4.76. The molecule has 2 N–H and O–H groups in total. The van der Waals surface area contributed by atoms with E-state index in [1.165, 1.54) is 18.2 Å². The van der Waals surface area contributed by atoms with Gasteiger partial charge in [-0.1, -0.05) is 24.4 Å². The second-order valence-corrected chi connectivity index (χ2v) is 4.95. The van der Waals surface area contributed by atoms with Gasteiger partial charge in [-0.25, -0.2) is 8.78 Å². The van der Waals surface area contributed by atoms with Gasteiger partial charge in [0.05, 0.1) is 0 Å². The number of hydrogen-bond acceptors (Lipinski definition) is 2. The standard InChI is InChI=1S/C15H14F2N2S/c1-19(9-10-3-2-4-11(16)7-10)12-5-6-13(15(18)20)14(17)8-12/h2-8H,9H2,1H3,(H2,18,20). The molecule has 0 fully saturated rings. The van der Waals surface area contributed by atoms with Gasteiger partial charge in [0, 0.05) is 24.8 Å². The molecule has 20 heavy (non-hydrogen) atoms. The summed E-state index contributed by atoms with van der Waals surface area (Å²) < 4.78 is 26.9. The van der Waals surface area contributed by atoms with Gasteiger partial charge in [0.1, 0.15) is 16.6 Å². The Balaban J connectivity index is 2.19. The van der Waals surface area contributed by atoms with Crippen LogP contribution in [0, 0.1) is 11.6 Å². The minimum atomic E-state index is -0.457. The average molecular weight is 292 g/mol. The van der Waals surface area contributed by atoms with Gasteiger partial charge in [-0.2, -0.15) is 0 Å². The Morgan fingerprint density at radius 1 is 1.20 bits per heavy atom. The highest BCUT2D eigenvalue weighted by Crippen LogP contribution is 2.19. The normalized spacial score (nSPS) is 10.3. The molecular weight excluding hydrogens is 278 g/mol. The molecule has 104 valence electrons. The fourth-order valence-electron chi connectivity index (χ4n) is 1.94. The molecule has 2 aromatic carbocycles. The summed E-state index contributed by atoms with van der Waals surface area (Å²) in [5.74, 6) is -0.744. The maximum Gasteiger partial charge on any atom is 0.135 e. The number of anilines is 1. The molecule has 0 aliphatic carbocycles. The minimum absolute atomic E-state index is 0.0295. The van der Waals surface area contributed by atoms with Crippen molar-refractivity contribution in [2.45, 2.75) is 6.54 Å². The van der Waals surface area contributed by atoms with Crippen LogP contribution in [0.15, 0.2) is 42.5 Å². The smallest absolute Gasteiger partial charge is 0.135 e. The second kappa shape index (κ2) is 5.96. The van der Waals surface area contributed by atoms with Crippen molar-refractivity contribution in [1.29, 1.82) is 0 Å². The Morgan fingerprint density at radius 2 is 1.95 bits per heavy atom. The van der Waals surface area contributed by atoms with Crippen molar-refractivity contribution in [1.82, 2.24) is 0 Å². The number of halogens is 2. The fourth-order valence-corrected chi connectivity index (χ4v) is 2.11. The second-order valence-electron chi connectivity index (χ2n) is 4.51. The molecule has 0 radical (unpaired) electrons. The Bertz CT molecular complexity index is 644. The SMILES string of the molecule is CN(Cc1cccc(F)c1)c1ccc(C(N)=S)c(F)c1. The van der Waals surface area contributed by atoms with Crippen LogP contribution in [0.25, 0.3) is 0 Å². The first-order valence-corrected chi connectivity index (χ1v) is 6.43. The molecule has 0 bridgehead atoms. The van der Waals surface area contributed by atoms with Crippen molar-refractivity contribution in [3.63, 3.8) is 0 Å². The van der Waals surface area contributed by atoms with Crippen LogP contribution in [0.3, 0.4) is 0 Å². The first-order valence-electron chi connectivity index (χ1n) is 6.02. The maximum absolute atomic E-state index is 13.8. The Kier molecular flexibility index (Phi) is 4.29. The molecule has 0 heterocycles. The predicted octanol–water partition coefficient (Wildman–Crippen LogP) is 3.24. The van der Waals surface area contributed by atoms with Gasteiger partial charge in [-0.15, -0.1) is 0 Å². The van der Waals surface area contributed by atoms with E-state index in [1.807, 2.05) is 11.0 Å². The summed E-state index contributed by atoms with van der Waals surface area (Å²) in [5, 5.41) is 0. The Hall–Kier alpha value is -2.01. The maximum atomic E-state index is 13.8. The summed E-state index contributed by atoms with van der Waals surface area (Å²) in [7, 11) is 1.81. The van der Waals surface area contributed by atoms with E-state index in [-0.39, 0.29) is 16.4 Å². The fraction of sp³-hybridized carbons (Fsp3) is 0.133. The number of nitrogens with two attached hydrogens (primary N) is 1. The molecule has 0 aliphatic heterocycles. The monoisotopic (exact) mass is 292 g/mol. The number of rotatable bonds is 4. The zero-order valence-electron chi connectivity index (χ0n) is 10.9. The molecule has 0 spiro atoms. The topological polar surface area (TPSA) is 29.3 Å². The van der Waals surface area contributed by atoms with E-state index in [2.05, 4.69) is 0 Å². The molecule has 0 saturated heterocycles. The number of thiocarbonyl (C=S) groups is 1. The van der Waals surface area contributed by atoms with Crippen molar-refractivity contribution in [3.05, 3.63) is 65.2 Å². The predicted molar refractivity (Wildman–Crippen MR) is 80.8 cm³/mol. The largest absolute Gasteiger partial charge is 0.389 e. The van der Waals surface area contributed by atoms with E-state index in [1.54, 1.807) is 25.2 Å². The van der Waals surface area contributed by atoms with Crippen LogP contribution in [-0.4, -0.2) is 12.0 Å². The number of hydrogen-bond donors (Lipinski definition) is 1. The molecule has 0 aliphatic rings. The van der Waals surface area contributed by atoms with E-state index in [9.17, 15) is 8.78 Å². The third kappa shape index (κ3) is 3.30. The molecule has 0 unspecified atom stereocenters. The zero-order valence-corrected chi connectivity index (χ0v) is 11.8. The lowest BCUT2D eigenvalue weighted by Crippen LogP contribution is -2.18. The van der Waals surface area contributed by atoms with Crippen LogP contribution in [0.5, 0.6) is 0 Å². The van der Waals surface area contributed by atoms with E-state index in [0.717, 1.165) is 5.56 Å². The van der Waals surface area contributed by atoms with Crippen LogP contribution in [0.1, 0.15) is 11.1 Å². The van der Waals surface area contributed by atoms with Gasteiger partial charge in [-0.05, 0) is 35.9 Å². The summed E-state index contributed by atoms with van der Waals surface area (Å²) in [4.78, 5) is 1.85. The molecule has 0 atom stereocenters. The molecule has 0 aromatic heterocycles. The van der Waals surface area contributed by atoms with Crippen LogP contribution in [-0.2, 0) is 6.54 Å². The Labute approximate surface area is 121 Å². The van der Waals surface area contributed by atoms with Crippen LogP contribution >= 0.6 is 12.2 Å². The number of nitrogens with zero attached hydrogens (tertiary/aromatic N) is 1. The quantitative estimate of drug-likeness (QED) is 0.877. The van der Waals surface area contributed by atoms with Gasteiger partial charge in [-0.3, -0.25) is 0 Å². The lowest BCUT2D eigenvalue weighted by atomic mass is 10.1. The van der Waals surface area contributed by atoms with E-state index in [4.69, 9.17) is 18.0 Å². The first kappa shape index (κ1) is 14.4. The van der Waals surface area contributed by atoms with Crippen molar-refractivity contribution in [3.8, 4) is 0 Å². The molecule has 0 amide bonds. The third-order valence-electron chi connectivity index (χ3n) is 2.97. The van der Waals surface area contributed by atoms with Crippen LogP contribution < -0.4 is 10.6 Å². The third-order valence-corrected chi connectivity index (χ3v) is 3.19. The number of benzene rings is 2. The highest BCUT2D eigenvalue weighted by molar-refractivity contribution is 7.80. The summed E-state index contributed by atoms with van der Waals surface area (Å²) in [6, 6.07) is 11.0. The highest BCUT2D eigenvalue weighted by atomic mass is 32.1. The highest BCUT2D eigenvalue weighted by Gasteiger charge is 2.09. The average Bonchev–Trinajstić information content (AvgIpc) is 2.38. The Morgan fingerprint density at radius 3 is 2.55 bits per heavy atom. The lowest BCUT2D eigenvalue weighted by molar-refractivity contribution is 0.622. The van der Waals surface area contributed by atoms with Crippen LogP contribution in [0.4, 0.5) is 14.5 Å². The minimum Gasteiger partial charge on any atom is -0.389 e. The van der Waals surface area contributed by atoms with Crippen molar-refractivity contribution in [2.75, 3.05) is 11.9 Å².